The van der Waals surface area contributed by atoms with Crippen LogP contribution in [0.1, 0.15) is 35.0 Å². The first-order chi connectivity index (χ1) is 15.7. The third-order valence-corrected chi connectivity index (χ3v) is 6.32. The zero-order valence-corrected chi connectivity index (χ0v) is 17.7. The fourth-order valence-corrected chi connectivity index (χ4v) is 4.87. The summed E-state index contributed by atoms with van der Waals surface area (Å²) in [5.74, 6) is -0.0225. The Morgan fingerprint density at radius 2 is 1.81 bits per heavy atom. The van der Waals surface area contributed by atoms with Crippen molar-refractivity contribution in [2.24, 2.45) is 0 Å². The van der Waals surface area contributed by atoms with Crippen LogP contribution in [0.5, 0.6) is 0 Å². The zero-order valence-electron chi connectivity index (χ0n) is 17.7. The lowest BCUT2D eigenvalue weighted by molar-refractivity contribution is 0.101. The fourth-order valence-electron chi connectivity index (χ4n) is 4.87. The molecule has 32 heavy (non-hydrogen) atoms. The van der Waals surface area contributed by atoms with Crippen molar-refractivity contribution in [2.45, 2.75) is 19.4 Å². The van der Waals surface area contributed by atoms with E-state index in [1.165, 1.54) is 22.4 Å². The van der Waals surface area contributed by atoms with Gasteiger partial charge in [-0.1, -0.05) is 48.6 Å². The summed E-state index contributed by atoms with van der Waals surface area (Å²) in [5.41, 5.74) is 8.54. The van der Waals surface area contributed by atoms with E-state index in [4.69, 9.17) is 4.98 Å². The number of fused-ring (bicyclic) bond motifs is 4. The number of allylic oxidation sites excluding steroid dienone is 2. The largest absolute Gasteiger partial charge is 0.332 e. The van der Waals surface area contributed by atoms with Gasteiger partial charge in [0.2, 0.25) is 0 Å². The molecule has 1 aliphatic carbocycles. The van der Waals surface area contributed by atoms with Crippen LogP contribution in [0.2, 0.25) is 0 Å². The van der Waals surface area contributed by atoms with E-state index in [2.05, 4.69) is 64.5 Å². The van der Waals surface area contributed by atoms with Crippen molar-refractivity contribution in [3.05, 3.63) is 108 Å². The first-order valence-corrected chi connectivity index (χ1v) is 10.8. The van der Waals surface area contributed by atoms with Gasteiger partial charge in [0.1, 0.15) is 5.69 Å². The smallest absolute Gasteiger partial charge is 0.178 e. The Balaban J connectivity index is 1.53. The molecule has 1 aliphatic heterocycles. The second kappa shape index (κ2) is 7.27. The summed E-state index contributed by atoms with van der Waals surface area (Å²) >= 11 is 0. The molecule has 4 nitrogen and oxygen atoms in total. The SMILES string of the molecule is CC(=O)c1ccc(N2c3ccccc3C3=C(c4cnc5ccccc5c4)C=CCC32)cn1. The Kier molecular flexibility index (Phi) is 4.25. The lowest BCUT2D eigenvalue weighted by Gasteiger charge is -2.29. The highest BCUT2D eigenvalue weighted by molar-refractivity contribution is 6.07. The summed E-state index contributed by atoms with van der Waals surface area (Å²) in [7, 11) is 0. The third-order valence-electron chi connectivity index (χ3n) is 6.32. The highest BCUT2D eigenvalue weighted by Gasteiger charge is 2.37. The molecule has 0 N–H and O–H groups in total. The molecule has 3 heterocycles. The lowest BCUT2D eigenvalue weighted by Crippen LogP contribution is -2.28. The van der Waals surface area contributed by atoms with E-state index >= 15 is 0 Å². The third kappa shape index (κ3) is 2.88. The van der Waals surface area contributed by atoms with Crippen LogP contribution in [0.15, 0.2) is 91.3 Å². The molecule has 2 aromatic carbocycles. The first kappa shape index (κ1) is 18.7. The zero-order chi connectivity index (χ0) is 21.7. The van der Waals surface area contributed by atoms with Gasteiger partial charge in [0.05, 0.1) is 23.4 Å². The second-order valence-corrected chi connectivity index (χ2v) is 8.24. The molecular weight excluding hydrogens is 394 g/mol. The van der Waals surface area contributed by atoms with Crippen molar-refractivity contribution < 1.29 is 4.79 Å². The summed E-state index contributed by atoms with van der Waals surface area (Å²) < 4.78 is 0. The quantitative estimate of drug-likeness (QED) is 0.373. The predicted octanol–water partition coefficient (Wildman–Crippen LogP) is 6.22. The van der Waals surface area contributed by atoms with Gasteiger partial charge in [-0.2, -0.15) is 0 Å². The average Bonchev–Trinajstić information content (AvgIpc) is 3.18. The van der Waals surface area contributed by atoms with Crippen LogP contribution in [-0.2, 0) is 0 Å². The van der Waals surface area contributed by atoms with Gasteiger partial charge < -0.3 is 4.90 Å². The topological polar surface area (TPSA) is 46.1 Å². The summed E-state index contributed by atoms with van der Waals surface area (Å²) in [6, 6.07) is 23.0. The maximum Gasteiger partial charge on any atom is 0.178 e. The average molecular weight is 415 g/mol. The minimum absolute atomic E-state index is 0.0225. The number of hydrogen-bond donors (Lipinski definition) is 0. The highest BCUT2D eigenvalue weighted by Crippen LogP contribution is 2.50. The Hall–Kier alpha value is -4.05. The Bertz CT molecular complexity index is 1430. The highest BCUT2D eigenvalue weighted by atomic mass is 16.1. The minimum atomic E-state index is -0.0225. The van der Waals surface area contributed by atoms with Crippen molar-refractivity contribution in [3.63, 3.8) is 0 Å². The molecule has 0 fully saturated rings. The van der Waals surface area contributed by atoms with E-state index in [1.54, 1.807) is 6.92 Å². The van der Waals surface area contributed by atoms with Gasteiger partial charge in [0, 0.05) is 35.3 Å². The normalized spacial score (nSPS) is 16.9. The molecule has 0 amide bonds. The fraction of sp³-hybridized carbons (Fsp3) is 0.107. The molecule has 1 atom stereocenters. The van der Waals surface area contributed by atoms with E-state index in [0.29, 0.717) is 5.69 Å². The van der Waals surface area contributed by atoms with Crippen molar-refractivity contribution in [2.75, 3.05) is 4.90 Å². The summed E-state index contributed by atoms with van der Waals surface area (Å²) in [6.45, 7) is 1.55. The monoisotopic (exact) mass is 415 g/mol. The molecule has 0 radical (unpaired) electrons. The molecule has 0 bridgehead atoms. The van der Waals surface area contributed by atoms with Gasteiger partial charge >= 0.3 is 0 Å². The van der Waals surface area contributed by atoms with E-state index in [-0.39, 0.29) is 11.8 Å². The van der Waals surface area contributed by atoms with E-state index in [0.717, 1.165) is 28.6 Å². The van der Waals surface area contributed by atoms with Crippen LogP contribution < -0.4 is 4.90 Å². The summed E-state index contributed by atoms with van der Waals surface area (Å²) in [5, 5.41) is 1.14. The molecule has 4 heteroatoms. The molecule has 0 spiro atoms. The second-order valence-electron chi connectivity index (χ2n) is 8.24. The summed E-state index contributed by atoms with van der Waals surface area (Å²) in [4.78, 5) is 23.2. The molecule has 4 aromatic rings. The van der Waals surface area contributed by atoms with Gasteiger partial charge in [-0.05, 0) is 47.9 Å². The number of anilines is 2. The number of ketones is 1. The van der Waals surface area contributed by atoms with Crippen LogP contribution >= 0.6 is 0 Å². The van der Waals surface area contributed by atoms with Crippen LogP contribution in [-0.4, -0.2) is 21.8 Å². The number of pyridine rings is 2. The summed E-state index contributed by atoms with van der Waals surface area (Å²) in [6.07, 6.45) is 9.17. The molecule has 1 unspecified atom stereocenters. The van der Waals surface area contributed by atoms with Gasteiger partial charge in [0.15, 0.2) is 5.78 Å². The van der Waals surface area contributed by atoms with Crippen LogP contribution in [0.4, 0.5) is 11.4 Å². The number of carbonyl (C=O) groups is 1. The van der Waals surface area contributed by atoms with Gasteiger partial charge in [0.25, 0.3) is 0 Å². The number of benzene rings is 2. The van der Waals surface area contributed by atoms with Gasteiger partial charge in [-0.25, -0.2) is 0 Å². The maximum atomic E-state index is 11.7. The number of aromatic nitrogens is 2. The number of nitrogens with zero attached hydrogens (tertiary/aromatic N) is 3. The van der Waals surface area contributed by atoms with Gasteiger partial charge in [-0.15, -0.1) is 0 Å². The molecule has 2 aromatic heterocycles. The van der Waals surface area contributed by atoms with Crippen molar-refractivity contribution in [1.29, 1.82) is 0 Å². The molecule has 0 saturated carbocycles. The Labute approximate surface area is 186 Å². The maximum absolute atomic E-state index is 11.7. The van der Waals surface area contributed by atoms with E-state index in [9.17, 15) is 4.79 Å². The van der Waals surface area contributed by atoms with Crippen LogP contribution in [0.25, 0.3) is 22.0 Å². The lowest BCUT2D eigenvalue weighted by atomic mass is 9.87. The van der Waals surface area contributed by atoms with Crippen LogP contribution in [0, 0.1) is 0 Å². The number of para-hydroxylation sites is 2. The molecule has 2 aliphatic rings. The molecule has 0 saturated heterocycles. The Morgan fingerprint density at radius 1 is 0.969 bits per heavy atom. The van der Waals surface area contributed by atoms with Crippen LogP contribution in [0.3, 0.4) is 0 Å². The predicted molar refractivity (Wildman–Crippen MR) is 129 cm³/mol. The van der Waals surface area contributed by atoms with E-state index in [1.807, 2.05) is 36.7 Å². The molecule has 154 valence electrons. The number of Topliss-reactive ketones (excluding diaryl/α,β-unsaturated/α-hetero) is 1. The van der Waals surface area contributed by atoms with Crippen molar-refractivity contribution >= 4 is 39.2 Å². The number of carbonyl (C=O) groups excluding carboxylic acids is 1. The Morgan fingerprint density at radius 3 is 2.66 bits per heavy atom. The molecule has 6 rings (SSSR count). The first-order valence-electron chi connectivity index (χ1n) is 10.8. The van der Waals surface area contributed by atoms with Crippen molar-refractivity contribution in [3.8, 4) is 0 Å². The van der Waals surface area contributed by atoms with Crippen molar-refractivity contribution in [1.82, 2.24) is 9.97 Å². The minimum Gasteiger partial charge on any atom is -0.332 e. The number of hydrogen-bond acceptors (Lipinski definition) is 4. The van der Waals surface area contributed by atoms with Gasteiger partial charge in [-0.3, -0.25) is 14.8 Å². The number of rotatable bonds is 3. The molecular formula is C28H21N3O. The van der Waals surface area contributed by atoms with E-state index < -0.39 is 0 Å². The standard InChI is InChI=1S/C28H21N3O/c1-18(32)24-14-13-21(17-30-24)31-26-11-5-3-8-23(26)28-22(9-6-12-27(28)31)20-15-19-7-2-4-10-25(19)29-16-20/h2-11,13-17,27H,12H2,1H3.